The van der Waals surface area contributed by atoms with Crippen LogP contribution in [0.5, 0.6) is 0 Å². The van der Waals surface area contributed by atoms with E-state index in [0.29, 0.717) is 32.5 Å². The largest absolute Gasteiger partial charge is 0.330 e. The topological polar surface area (TPSA) is 52.7 Å². The molecule has 5 heteroatoms. The standard InChI is InChI=1S/C27H31N3O2/c1-2-3-4-11-18-28-27(32)25-17-12-19-30(25)26(31)22-29(20-23-13-7-5-8-14-23)21-24-15-9-6-10-16-24/h2-3,5-10,13-16,25H,4,12,17,19-22H2,1H3,(H,28,32)/b3-2+. The van der Waals surface area contributed by atoms with Crippen LogP contribution in [-0.2, 0) is 22.7 Å². The van der Waals surface area contributed by atoms with Crippen LogP contribution in [0.2, 0.25) is 0 Å². The van der Waals surface area contributed by atoms with Crippen molar-refractivity contribution in [1.82, 2.24) is 15.1 Å². The fourth-order valence-corrected chi connectivity index (χ4v) is 3.89. The Kier molecular flexibility index (Phi) is 9.09. The first kappa shape index (κ1) is 23.3. The van der Waals surface area contributed by atoms with Gasteiger partial charge in [0.05, 0.1) is 6.54 Å². The number of amides is 2. The highest BCUT2D eigenvalue weighted by molar-refractivity contribution is 5.89. The van der Waals surface area contributed by atoms with E-state index in [4.69, 9.17) is 0 Å². The van der Waals surface area contributed by atoms with Gasteiger partial charge in [-0.2, -0.15) is 0 Å². The Morgan fingerprint density at radius 1 is 1.06 bits per heavy atom. The van der Waals surface area contributed by atoms with Crippen molar-refractivity contribution in [3.05, 3.63) is 83.9 Å². The van der Waals surface area contributed by atoms with Gasteiger partial charge < -0.3 is 4.90 Å². The van der Waals surface area contributed by atoms with Crippen molar-refractivity contribution >= 4 is 11.8 Å². The lowest BCUT2D eigenvalue weighted by Gasteiger charge is -2.28. The molecule has 5 nitrogen and oxygen atoms in total. The maximum atomic E-state index is 13.2. The van der Waals surface area contributed by atoms with Crippen molar-refractivity contribution in [1.29, 1.82) is 0 Å². The fourth-order valence-electron chi connectivity index (χ4n) is 3.89. The summed E-state index contributed by atoms with van der Waals surface area (Å²) in [5.74, 6) is 2.68. The number of hydrogen-bond acceptors (Lipinski definition) is 3. The predicted octanol–water partition coefficient (Wildman–Crippen LogP) is 3.72. The molecule has 166 valence electrons. The second kappa shape index (κ2) is 12.5. The molecule has 1 aliphatic heterocycles. The van der Waals surface area contributed by atoms with E-state index >= 15 is 0 Å². The van der Waals surface area contributed by atoms with Gasteiger partial charge in [-0.3, -0.25) is 19.8 Å². The van der Waals surface area contributed by atoms with Gasteiger partial charge >= 0.3 is 0 Å². The van der Waals surface area contributed by atoms with Gasteiger partial charge in [0.1, 0.15) is 6.04 Å². The zero-order valence-corrected chi connectivity index (χ0v) is 18.7. The van der Waals surface area contributed by atoms with E-state index in [0.717, 1.165) is 17.5 Å². The van der Waals surface area contributed by atoms with Gasteiger partial charge in [-0.05, 0) is 30.9 Å². The van der Waals surface area contributed by atoms with E-state index in [2.05, 4.69) is 46.4 Å². The average Bonchev–Trinajstić information content (AvgIpc) is 3.30. The third kappa shape index (κ3) is 7.11. The summed E-state index contributed by atoms with van der Waals surface area (Å²) in [5, 5.41) is 2.66. The van der Waals surface area contributed by atoms with E-state index in [1.807, 2.05) is 55.5 Å². The third-order valence-electron chi connectivity index (χ3n) is 5.46. The second-order valence-corrected chi connectivity index (χ2v) is 7.93. The first-order valence-electron chi connectivity index (χ1n) is 11.2. The molecule has 0 radical (unpaired) electrons. The Bertz CT molecular complexity index is 919. The summed E-state index contributed by atoms with van der Waals surface area (Å²) < 4.78 is 0. The quantitative estimate of drug-likeness (QED) is 0.395. The van der Waals surface area contributed by atoms with Crippen molar-refractivity contribution in [2.45, 2.75) is 45.3 Å². The molecule has 1 fully saturated rings. The summed E-state index contributed by atoms with van der Waals surface area (Å²) >= 11 is 0. The normalized spacial score (nSPS) is 15.6. The van der Waals surface area contributed by atoms with E-state index in [-0.39, 0.29) is 18.4 Å². The van der Waals surface area contributed by atoms with Gasteiger partial charge in [-0.15, -0.1) is 0 Å². The van der Waals surface area contributed by atoms with Crippen molar-refractivity contribution in [2.24, 2.45) is 0 Å². The third-order valence-corrected chi connectivity index (χ3v) is 5.46. The number of hydrogen-bond donors (Lipinski definition) is 1. The highest BCUT2D eigenvalue weighted by atomic mass is 16.2. The van der Waals surface area contributed by atoms with E-state index in [1.54, 1.807) is 4.90 Å². The smallest absolute Gasteiger partial charge is 0.254 e. The van der Waals surface area contributed by atoms with Crippen LogP contribution in [-0.4, -0.2) is 40.7 Å². The van der Waals surface area contributed by atoms with Crippen LogP contribution < -0.4 is 5.32 Å². The molecule has 0 spiro atoms. The summed E-state index contributed by atoms with van der Waals surface area (Å²) in [7, 11) is 0. The molecule has 1 atom stereocenters. The number of rotatable bonds is 8. The highest BCUT2D eigenvalue weighted by Gasteiger charge is 2.34. The lowest BCUT2D eigenvalue weighted by molar-refractivity contribution is -0.139. The Morgan fingerprint density at radius 3 is 2.28 bits per heavy atom. The van der Waals surface area contributed by atoms with Crippen LogP contribution in [0.4, 0.5) is 0 Å². The van der Waals surface area contributed by atoms with Gasteiger partial charge in [-0.1, -0.05) is 78.7 Å². The number of carbonyl (C=O) groups excluding carboxylic acids is 2. The van der Waals surface area contributed by atoms with Gasteiger partial charge in [0.2, 0.25) is 5.91 Å². The molecule has 3 rings (SSSR count). The molecule has 2 aromatic carbocycles. The number of nitrogens with zero attached hydrogens (tertiary/aromatic N) is 2. The number of carbonyl (C=O) groups is 2. The Labute approximate surface area is 191 Å². The highest BCUT2D eigenvalue weighted by Crippen LogP contribution is 2.19. The molecule has 2 amide bonds. The van der Waals surface area contributed by atoms with E-state index in [9.17, 15) is 9.59 Å². The molecule has 1 heterocycles. The van der Waals surface area contributed by atoms with E-state index < -0.39 is 6.04 Å². The minimum Gasteiger partial charge on any atom is -0.330 e. The minimum absolute atomic E-state index is 0.0172. The predicted molar refractivity (Wildman–Crippen MR) is 127 cm³/mol. The minimum atomic E-state index is -0.450. The first-order valence-corrected chi connectivity index (χ1v) is 11.2. The molecule has 1 aliphatic rings. The van der Waals surface area contributed by atoms with Gasteiger partial charge in [0, 0.05) is 32.1 Å². The molecular formula is C27H31N3O2. The number of likely N-dealkylation sites (tertiary alicyclic amines) is 1. The molecule has 1 N–H and O–H groups in total. The summed E-state index contributed by atoms with van der Waals surface area (Å²) in [6.07, 6.45) is 5.94. The zero-order valence-electron chi connectivity index (χ0n) is 18.7. The summed E-state index contributed by atoms with van der Waals surface area (Å²) in [6, 6.07) is 22.6. The number of benzene rings is 2. The second-order valence-electron chi connectivity index (χ2n) is 7.93. The molecule has 0 aliphatic carbocycles. The van der Waals surface area contributed by atoms with Crippen LogP contribution in [0.25, 0.3) is 0 Å². The Balaban J connectivity index is 1.65. The van der Waals surface area contributed by atoms with Crippen molar-refractivity contribution in [3.63, 3.8) is 0 Å². The maximum Gasteiger partial charge on any atom is 0.254 e. The van der Waals surface area contributed by atoms with Crippen LogP contribution in [0.15, 0.2) is 72.8 Å². The molecule has 1 unspecified atom stereocenters. The number of nitrogens with one attached hydrogen (secondary N) is 1. The summed E-state index contributed by atoms with van der Waals surface area (Å²) in [6.45, 7) is 4.14. The molecule has 0 saturated carbocycles. The molecule has 1 saturated heterocycles. The maximum absolute atomic E-state index is 13.2. The van der Waals surface area contributed by atoms with Crippen molar-refractivity contribution in [2.75, 3.05) is 13.1 Å². The van der Waals surface area contributed by atoms with E-state index in [1.165, 1.54) is 0 Å². The molecule has 2 aromatic rings. The Hall–Kier alpha value is -3.36. The van der Waals surface area contributed by atoms with Crippen LogP contribution >= 0.6 is 0 Å². The lowest BCUT2D eigenvalue weighted by Crippen LogP contribution is -2.48. The molecule has 32 heavy (non-hydrogen) atoms. The monoisotopic (exact) mass is 429 g/mol. The SMILES string of the molecule is C/C=C/CC#CNC(=O)C1CCCN1C(=O)CN(Cc1ccccc1)Cc1ccccc1. The van der Waals surface area contributed by atoms with Crippen LogP contribution in [0.3, 0.4) is 0 Å². The van der Waals surface area contributed by atoms with Crippen molar-refractivity contribution in [3.8, 4) is 12.0 Å². The Morgan fingerprint density at radius 2 is 1.69 bits per heavy atom. The fraction of sp³-hybridized carbons (Fsp3) is 0.333. The summed E-state index contributed by atoms with van der Waals surface area (Å²) in [4.78, 5) is 29.7. The first-order chi connectivity index (χ1) is 15.7. The van der Waals surface area contributed by atoms with Crippen molar-refractivity contribution < 1.29 is 9.59 Å². The van der Waals surface area contributed by atoms with Crippen LogP contribution in [0, 0.1) is 12.0 Å². The van der Waals surface area contributed by atoms with Gasteiger partial charge in [0.25, 0.3) is 5.91 Å². The summed E-state index contributed by atoms with van der Waals surface area (Å²) in [5.41, 5.74) is 2.31. The number of allylic oxidation sites excluding steroid dienone is 2. The molecular weight excluding hydrogens is 398 g/mol. The zero-order chi connectivity index (χ0) is 22.6. The molecule has 0 aromatic heterocycles. The lowest BCUT2D eigenvalue weighted by atomic mass is 10.1. The van der Waals surface area contributed by atoms with Crippen LogP contribution in [0.1, 0.15) is 37.3 Å². The van der Waals surface area contributed by atoms with Gasteiger partial charge in [0.15, 0.2) is 0 Å². The average molecular weight is 430 g/mol. The van der Waals surface area contributed by atoms with Gasteiger partial charge in [-0.25, -0.2) is 0 Å². The molecule has 0 bridgehead atoms.